The summed E-state index contributed by atoms with van der Waals surface area (Å²) in [5.41, 5.74) is 10.0. The Morgan fingerprint density at radius 3 is 1.50 bits per heavy atom. The first-order valence-corrected chi connectivity index (χ1v) is 12.1. The van der Waals surface area contributed by atoms with Gasteiger partial charge in [-0.2, -0.15) is 20.6 Å². The Morgan fingerprint density at radius 2 is 1.11 bits per heavy atom. The Labute approximate surface area is 211 Å². The van der Waals surface area contributed by atoms with E-state index in [0.717, 1.165) is 23.5 Å². The number of aromatic amines is 2. The van der Waals surface area contributed by atoms with Crippen molar-refractivity contribution in [2.24, 2.45) is 0 Å². The van der Waals surface area contributed by atoms with Gasteiger partial charge in [0.15, 0.2) is 0 Å². The van der Waals surface area contributed by atoms with Crippen molar-refractivity contribution < 1.29 is 19.2 Å². The molecule has 14 nitrogen and oxygen atoms in total. The van der Waals surface area contributed by atoms with E-state index in [1.54, 1.807) is 36.4 Å². The van der Waals surface area contributed by atoms with E-state index in [1.165, 1.54) is 12.4 Å². The molecule has 2 aromatic heterocycles. The Kier molecular flexibility index (Phi) is 8.09. The van der Waals surface area contributed by atoms with E-state index in [0.29, 0.717) is 32.0 Å². The molecule has 0 aliphatic heterocycles. The topological polar surface area (TPSA) is 200 Å². The van der Waals surface area contributed by atoms with Crippen molar-refractivity contribution in [2.75, 3.05) is 11.5 Å². The lowest BCUT2D eigenvalue weighted by Gasteiger charge is -2.09. The monoisotopic (exact) mass is 526 g/mol. The van der Waals surface area contributed by atoms with Crippen LogP contribution in [0.3, 0.4) is 0 Å². The standard InChI is InChI=1S/C20H18N10O4S2/c31-15(9-35-17-7-21-29-25-17)23-27-19(33)13-3-1-11-5-14(4-2-12(11)6-13)20(34)28-24-16(32)10-36-18-8-22-30-26-18/h1-8H,9-10H2,(H,23,31)(H,24,32)(H,27,33)(H,28,34)(H,21,25,29)(H,22,26,30). The van der Waals surface area contributed by atoms with E-state index < -0.39 is 23.6 Å². The number of hydrogen-bond acceptors (Lipinski definition) is 10. The average molecular weight is 527 g/mol. The summed E-state index contributed by atoms with van der Waals surface area (Å²) in [6.45, 7) is 0. The molecule has 0 spiro atoms. The lowest BCUT2D eigenvalue weighted by molar-refractivity contribution is -0.120. The number of nitrogens with zero attached hydrogens (tertiary/aromatic N) is 4. The summed E-state index contributed by atoms with van der Waals surface area (Å²) in [5.74, 6) is -1.70. The maximum Gasteiger partial charge on any atom is 0.269 e. The number of fused-ring (bicyclic) bond motifs is 1. The number of thioether (sulfide) groups is 2. The molecule has 0 saturated heterocycles. The summed E-state index contributed by atoms with van der Waals surface area (Å²) >= 11 is 2.33. The molecule has 0 atom stereocenters. The smallest absolute Gasteiger partial charge is 0.269 e. The molecule has 0 bridgehead atoms. The van der Waals surface area contributed by atoms with Crippen LogP contribution in [-0.2, 0) is 9.59 Å². The largest absolute Gasteiger partial charge is 0.272 e. The molecule has 0 aliphatic rings. The maximum atomic E-state index is 12.4. The van der Waals surface area contributed by atoms with Gasteiger partial charge in [0.05, 0.1) is 23.9 Å². The second-order valence-corrected chi connectivity index (χ2v) is 8.97. The van der Waals surface area contributed by atoms with Crippen LogP contribution in [0.1, 0.15) is 20.7 Å². The van der Waals surface area contributed by atoms with E-state index in [1.807, 2.05) is 0 Å². The molecule has 0 fully saturated rings. The van der Waals surface area contributed by atoms with Gasteiger partial charge in [0, 0.05) is 11.1 Å². The molecule has 4 aromatic rings. The Balaban J connectivity index is 1.27. The van der Waals surface area contributed by atoms with Gasteiger partial charge in [0.25, 0.3) is 11.8 Å². The summed E-state index contributed by atoms with van der Waals surface area (Å²) in [7, 11) is 0. The van der Waals surface area contributed by atoms with Crippen molar-refractivity contribution in [3.8, 4) is 0 Å². The van der Waals surface area contributed by atoms with Gasteiger partial charge in [-0.3, -0.25) is 40.9 Å². The number of carbonyl (C=O) groups is 4. The fourth-order valence-electron chi connectivity index (χ4n) is 2.80. The van der Waals surface area contributed by atoms with E-state index >= 15 is 0 Å². The van der Waals surface area contributed by atoms with Crippen molar-refractivity contribution >= 4 is 57.9 Å². The molecule has 0 aliphatic carbocycles. The SMILES string of the molecule is O=C(CSc1cn[nH]n1)NNC(=O)c1ccc2cc(C(=O)NNC(=O)CSc3cn[nH]n3)ccc2c1. The number of benzene rings is 2. The van der Waals surface area contributed by atoms with Gasteiger partial charge in [-0.05, 0) is 35.0 Å². The number of nitrogens with one attached hydrogen (secondary N) is 6. The summed E-state index contributed by atoms with van der Waals surface area (Å²) < 4.78 is 0. The second kappa shape index (κ2) is 11.8. The number of hydrazine groups is 2. The lowest BCUT2D eigenvalue weighted by atomic mass is 10.0. The van der Waals surface area contributed by atoms with Gasteiger partial charge in [-0.15, -0.1) is 10.2 Å². The molecule has 36 heavy (non-hydrogen) atoms. The number of amides is 4. The van der Waals surface area contributed by atoms with E-state index in [9.17, 15) is 19.2 Å². The van der Waals surface area contributed by atoms with Crippen LogP contribution in [0.15, 0.2) is 58.8 Å². The van der Waals surface area contributed by atoms with Crippen molar-refractivity contribution in [3.05, 3.63) is 59.9 Å². The van der Waals surface area contributed by atoms with Crippen LogP contribution in [-0.4, -0.2) is 66.0 Å². The van der Waals surface area contributed by atoms with Crippen LogP contribution in [0.4, 0.5) is 0 Å². The zero-order valence-corrected chi connectivity index (χ0v) is 19.9. The first kappa shape index (κ1) is 24.7. The predicted molar refractivity (Wildman–Crippen MR) is 129 cm³/mol. The summed E-state index contributed by atoms with van der Waals surface area (Å²) in [6.07, 6.45) is 2.97. The predicted octanol–water partition coefficient (Wildman–Crippen LogP) is 0.183. The van der Waals surface area contributed by atoms with Gasteiger partial charge in [0.1, 0.15) is 10.1 Å². The van der Waals surface area contributed by atoms with E-state index in [-0.39, 0.29) is 11.5 Å². The first-order valence-electron chi connectivity index (χ1n) is 10.2. The minimum Gasteiger partial charge on any atom is -0.272 e. The highest BCUT2D eigenvalue weighted by atomic mass is 32.2. The van der Waals surface area contributed by atoms with E-state index in [4.69, 9.17) is 0 Å². The third-order valence-electron chi connectivity index (χ3n) is 4.48. The molecule has 2 aromatic carbocycles. The van der Waals surface area contributed by atoms with Crippen LogP contribution in [0, 0.1) is 0 Å². The maximum absolute atomic E-state index is 12.4. The van der Waals surface area contributed by atoms with Gasteiger partial charge in [0.2, 0.25) is 11.8 Å². The minimum absolute atomic E-state index is 0.0518. The van der Waals surface area contributed by atoms with Gasteiger partial charge in [-0.1, -0.05) is 35.7 Å². The molecule has 4 amide bonds. The first-order chi connectivity index (χ1) is 17.5. The van der Waals surface area contributed by atoms with E-state index in [2.05, 4.69) is 52.5 Å². The Hall–Kier alpha value is -4.44. The Bertz CT molecular complexity index is 1270. The molecule has 0 unspecified atom stereocenters. The summed E-state index contributed by atoms with van der Waals surface area (Å²) in [5, 5.41) is 22.3. The van der Waals surface area contributed by atoms with Crippen molar-refractivity contribution in [1.82, 2.24) is 52.5 Å². The highest BCUT2D eigenvalue weighted by molar-refractivity contribution is 8.00. The molecular formula is C20H18N10O4S2. The summed E-state index contributed by atoms with van der Waals surface area (Å²) in [4.78, 5) is 48.6. The zero-order chi connectivity index (χ0) is 25.3. The highest BCUT2D eigenvalue weighted by Crippen LogP contribution is 2.18. The van der Waals surface area contributed by atoms with Crippen LogP contribution in [0.5, 0.6) is 0 Å². The van der Waals surface area contributed by atoms with Crippen molar-refractivity contribution in [1.29, 1.82) is 0 Å². The molecular weight excluding hydrogens is 508 g/mol. The van der Waals surface area contributed by atoms with Crippen LogP contribution in [0.2, 0.25) is 0 Å². The van der Waals surface area contributed by atoms with Gasteiger partial charge >= 0.3 is 0 Å². The van der Waals surface area contributed by atoms with Gasteiger partial charge in [-0.25, -0.2) is 0 Å². The molecule has 0 saturated carbocycles. The lowest BCUT2D eigenvalue weighted by Crippen LogP contribution is -2.42. The fourth-order valence-corrected chi connectivity index (χ4v) is 3.97. The average Bonchev–Trinajstić information content (AvgIpc) is 3.62. The number of aromatic nitrogens is 6. The van der Waals surface area contributed by atoms with Crippen LogP contribution >= 0.6 is 23.5 Å². The third kappa shape index (κ3) is 6.80. The quantitative estimate of drug-likeness (QED) is 0.136. The molecule has 0 radical (unpaired) electrons. The number of hydrogen-bond donors (Lipinski definition) is 6. The third-order valence-corrected chi connectivity index (χ3v) is 6.28. The highest BCUT2D eigenvalue weighted by Gasteiger charge is 2.12. The number of H-pyrrole nitrogens is 2. The number of rotatable bonds is 8. The normalized spacial score (nSPS) is 10.6. The summed E-state index contributed by atoms with van der Waals surface area (Å²) in [6, 6.07) is 9.75. The van der Waals surface area contributed by atoms with Gasteiger partial charge < -0.3 is 0 Å². The number of carbonyl (C=O) groups excluding carboxylic acids is 4. The van der Waals surface area contributed by atoms with Crippen LogP contribution < -0.4 is 21.7 Å². The zero-order valence-electron chi connectivity index (χ0n) is 18.3. The minimum atomic E-state index is -0.496. The Morgan fingerprint density at radius 1 is 0.667 bits per heavy atom. The van der Waals surface area contributed by atoms with Crippen LogP contribution in [0.25, 0.3) is 10.8 Å². The molecule has 2 heterocycles. The fraction of sp³-hybridized carbons (Fsp3) is 0.100. The molecule has 16 heteroatoms. The van der Waals surface area contributed by atoms with Crippen molar-refractivity contribution in [2.45, 2.75) is 10.1 Å². The second-order valence-electron chi connectivity index (χ2n) is 6.98. The molecule has 6 N–H and O–H groups in total. The molecule has 184 valence electrons. The molecule has 4 rings (SSSR count). The van der Waals surface area contributed by atoms with Crippen molar-refractivity contribution in [3.63, 3.8) is 0 Å².